The lowest BCUT2D eigenvalue weighted by atomic mass is 10.0. The molecule has 6 aromatic heterocycles. The molecule has 0 amide bonds. The lowest BCUT2D eigenvalue weighted by Crippen LogP contribution is -2.03. The molecule has 57 heavy (non-hydrogen) atoms. The van der Waals surface area contributed by atoms with Crippen LogP contribution >= 0.6 is 0 Å². The fourth-order valence-electron chi connectivity index (χ4n) is 7.21. The summed E-state index contributed by atoms with van der Waals surface area (Å²) in [5.74, 6) is 1.71. The van der Waals surface area contributed by atoms with Crippen molar-refractivity contribution in [1.29, 1.82) is 15.8 Å². The van der Waals surface area contributed by atoms with Crippen LogP contribution in [-0.4, -0.2) is 43.6 Å². The third-order valence-corrected chi connectivity index (χ3v) is 9.66. The van der Waals surface area contributed by atoms with Crippen molar-refractivity contribution >= 4 is 33.5 Å². The summed E-state index contributed by atoms with van der Waals surface area (Å²) in [4.78, 5) is 29.6. The van der Waals surface area contributed by atoms with E-state index in [0.717, 1.165) is 0 Å². The molecule has 0 unspecified atom stereocenters. The van der Waals surface area contributed by atoms with E-state index in [-0.39, 0.29) is 0 Å². The molecular formula is C45H24N12. The van der Waals surface area contributed by atoms with Gasteiger partial charge in [0.25, 0.3) is 0 Å². The van der Waals surface area contributed by atoms with Gasteiger partial charge in [0.05, 0.1) is 52.0 Å². The van der Waals surface area contributed by atoms with Crippen LogP contribution in [0.3, 0.4) is 0 Å². The molecule has 0 aliphatic rings. The monoisotopic (exact) mass is 732 g/mol. The van der Waals surface area contributed by atoms with Crippen molar-refractivity contribution < 1.29 is 0 Å². The van der Waals surface area contributed by atoms with Crippen LogP contribution in [0.4, 0.5) is 0 Å². The second-order valence-electron chi connectivity index (χ2n) is 13.1. The molecule has 12 heteroatoms. The van der Waals surface area contributed by atoms with E-state index in [9.17, 15) is 15.8 Å². The lowest BCUT2D eigenvalue weighted by Gasteiger charge is -2.15. The number of rotatable bonds is 6. The van der Waals surface area contributed by atoms with E-state index in [1.807, 2.05) is 123 Å². The summed E-state index contributed by atoms with van der Waals surface area (Å²) in [5.41, 5.74) is 9.57. The van der Waals surface area contributed by atoms with E-state index >= 15 is 0 Å². The largest absolute Gasteiger partial charge is 0.277 e. The molecule has 0 radical (unpaired) electrons. The number of imidazole rings is 3. The molecule has 264 valence electrons. The zero-order valence-electron chi connectivity index (χ0n) is 29.7. The molecule has 0 bridgehead atoms. The van der Waals surface area contributed by atoms with Crippen molar-refractivity contribution in [3.05, 3.63) is 163 Å². The van der Waals surface area contributed by atoms with Crippen LogP contribution < -0.4 is 0 Å². The highest BCUT2D eigenvalue weighted by Crippen LogP contribution is 2.38. The second kappa shape index (κ2) is 13.3. The van der Waals surface area contributed by atoms with Crippen LogP contribution in [0.15, 0.2) is 146 Å². The highest BCUT2D eigenvalue weighted by Gasteiger charge is 2.24. The Balaban J connectivity index is 1.32. The molecule has 10 aromatic rings. The van der Waals surface area contributed by atoms with Gasteiger partial charge in [0.15, 0.2) is 16.9 Å². The SMILES string of the molecule is N#Cc1cccc(-n2c(-c3cc(-c4nc5cccnc5n4-c4cccc(C#N)c4)cc(-c4nc5cccnc5n4-c4cccc(C#N)c4)c3)nc3cccnc32)c1. The molecule has 12 nitrogen and oxygen atoms in total. The molecule has 0 saturated carbocycles. The molecular weight excluding hydrogens is 709 g/mol. The van der Waals surface area contributed by atoms with Gasteiger partial charge in [0.2, 0.25) is 0 Å². The van der Waals surface area contributed by atoms with Crippen molar-refractivity contribution in [2.45, 2.75) is 0 Å². The van der Waals surface area contributed by atoms with Gasteiger partial charge < -0.3 is 0 Å². The zero-order valence-corrected chi connectivity index (χ0v) is 29.7. The number of fused-ring (bicyclic) bond motifs is 3. The summed E-state index contributed by atoms with van der Waals surface area (Å²) in [6, 6.07) is 46.0. The van der Waals surface area contributed by atoms with Crippen LogP contribution in [0.5, 0.6) is 0 Å². The molecule has 0 spiro atoms. The number of hydrogen-bond acceptors (Lipinski definition) is 9. The van der Waals surface area contributed by atoms with E-state index in [0.29, 0.717) is 101 Å². The third-order valence-electron chi connectivity index (χ3n) is 9.66. The van der Waals surface area contributed by atoms with Crippen molar-refractivity contribution in [1.82, 2.24) is 43.6 Å². The van der Waals surface area contributed by atoms with Gasteiger partial charge in [0.1, 0.15) is 34.0 Å². The van der Waals surface area contributed by atoms with E-state index in [2.05, 4.69) is 18.2 Å². The van der Waals surface area contributed by atoms with E-state index in [4.69, 9.17) is 29.9 Å². The average molecular weight is 733 g/mol. The summed E-state index contributed by atoms with van der Waals surface area (Å²) in [6.45, 7) is 0. The first-order valence-electron chi connectivity index (χ1n) is 17.8. The minimum Gasteiger partial charge on any atom is -0.277 e. The molecule has 0 saturated heterocycles. The first-order chi connectivity index (χ1) is 28.1. The van der Waals surface area contributed by atoms with E-state index < -0.39 is 0 Å². The summed E-state index contributed by atoms with van der Waals surface area (Å²) in [6.07, 6.45) is 5.15. The van der Waals surface area contributed by atoms with Crippen LogP contribution in [0.2, 0.25) is 0 Å². The summed E-state index contributed by atoms with van der Waals surface area (Å²) in [5, 5.41) is 29.6. The van der Waals surface area contributed by atoms with Gasteiger partial charge in [0, 0.05) is 35.3 Å². The maximum atomic E-state index is 9.85. The predicted molar refractivity (Wildman–Crippen MR) is 214 cm³/mol. The molecule has 0 N–H and O–H groups in total. The quantitative estimate of drug-likeness (QED) is 0.163. The Morgan fingerprint density at radius 2 is 0.684 bits per heavy atom. The third kappa shape index (κ3) is 5.52. The predicted octanol–water partition coefficient (Wildman–Crippen LogP) is 8.50. The maximum absolute atomic E-state index is 9.85. The highest BCUT2D eigenvalue weighted by molar-refractivity contribution is 5.88. The summed E-state index contributed by atoms with van der Waals surface area (Å²) < 4.78 is 5.84. The highest BCUT2D eigenvalue weighted by atomic mass is 15.2. The van der Waals surface area contributed by atoms with Crippen LogP contribution in [0.25, 0.3) is 84.7 Å². The minimum absolute atomic E-state index is 0.493. The average Bonchev–Trinajstić information content (AvgIpc) is 3.98. The molecule has 0 aliphatic heterocycles. The first-order valence-corrected chi connectivity index (χ1v) is 17.8. The van der Waals surface area contributed by atoms with Crippen molar-refractivity contribution in [3.63, 3.8) is 0 Å². The molecule has 4 aromatic carbocycles. The first kappa shape index (κ1) is 32.8. The Labute approximate surface area is 324 Å². The Bertz CT molecular complexity index is 3000. The van der Waals surface area contributed by atoms with Gasteiger partial charge in [-0.15, -0.1) is 0 Å². The molecule has 10 rings (SSSR count). The number of nitrogens with zero attached hydrogens (tertiary/aromatic N) is 12. The standard InChI is InChI=1S/C45H24N12/c46-25-28-7-1-10-34(19-28)55-40(52-37-13-4-16-49-43(37)55)31-22-32(41-53-38-14-5-17-50-44(38)56(41)35-11-2-8-29(20-35)26-47)24-33(23-31)42-54-39-15-6-18-51-45(39)57(42)36-12-3-9-30(21-36)27-48/h1-24H. The van der Waals surface area contributed by atoms with Crippen molar-refractivity contribution in [2.75, 3.05) is 0 Å². The summed E-state index contributed by atoms with van der Waals surface area (Å²) >= 11 is 0. The molecule has 0 fully saturated rings. The zero-order chi connectivity index (χ0) is 38.5. The lowest BCUT2D eigenvalue weighted by molar-refractivity contribution is 1.06. The van der Waals surface area contributed by atoms with Crippen molar-refractivity contribution in [2.24, 2.45) is 0 Å². The smallest absolute Gasteiger partial charge is 0.164 e. The number of benzene rings is 4. The number of aromatic nitrogens is 9. The Morgan fingerprint density at radius 1 is 0.368 bits per heavy atom. The fraction of sp³-hybridized carbons (Fsp3) is 0. The summed E-state index contributed by atoms with van der Waals surface area (Å²) in [7, 11) is 0. The number of hydrogen-bond donors (Lipinski definition) is 0. The Kier molecular flexibility index (Phi) is 7.63. The van der Waals surface area contributed by atoms with Gasteiger partial charge in [-0.25, -0.2) is 29.9 Å². The number of nitriles is 3. The van der Waals surface area contributed by atoms with Crippen molar-refractivity contribution in [3.8, 4) is 69.4 Å². The van der Waals surface area contributed by atoms with Gasteiger partial charge in [-0.1, -0.05) is 18.2 Å². The number of pyridine rings is 3. The van der Waals surface area contributed by atoms with Gasteiger partial charge in [-0.2, -0.15) is 15.8 Å². The van der Waals surface area contributed by atoms with Crippen LogP contribution in [-0.2, 0) is 0 Å². The minimum atomic E-state index is 0.493. The van der Waals surface area contributed by atoms with Crippen LogP contribution in [0.1, 0.15) is 16.7 Å². The fourth-order valence-corrected chi connectivity index (χ4v) is 7.21. The van der Waals surface area contributed by atoms with Crippen LogP contribution in [0, 0.1) is 34.0 Å². The van der Waals surface area contributed by atoms with Gasteiger partial charge in [-0.3, -0.25) is 13.7 Å². The molecule has 6 heterocycles. The second-order valence-corrected chi connectivity index (χ2v) is 13.1. The molecule has 0 aliphatic carbocycles. The van der Waals surface area contributed by atoms with Gasteiger partial charge in [-0.05, 0) is 109 Å². The van der Waals surface area contributed by atoms with E-state index in [1.165, 1.54) is 0 Å². The normalized spacial score (nSPS) is 11.1. The topological polar surface area (TPSA) is 164 Å². The Morgan fingerprint density at radius 3 is 0.982 bits per heavy atom. The maximum Gasteiger partial charge on any atom is 0.164 e. The van der Waals surface area contributed by atoms with E-state index in [1.54, 1.807) is 36.8 Å². The Hall–Kier alpha value is -8.79. The van der Waals surface area contributed by atoms with Gasteiger partial charge >= 0.3 is 0 Å². The molecule has 0 atom stereocenters.